The van der Waals surface area contributed by atoms with Gasteiger partial charge in [0.05, 0.1) is 19.4 Å². The highest BCUT2D eigenvalue weighted by molar-refractivity contribution is 5.94. The van der Waals surface area contributed by atoms with E-state index in [-0.39, 0.29) is 5.91 Å². The van der Waals surface area contributed by atoms with E-state index in [0.717, 1.165) is 17.0 Å². The van der Waals surface area contributed by atoms with Crippen LogP contribution in [-0.2, 0) is 11.3 Å². The quantitative estimate of drug-likeness (QED) is 0.879. The van der Waals surface area contributed by atoms with Gasteiger partial charge in [0.1, 0.15) is 5.76 Å². The first-order valence-electron chi connectivity index (χ1n) is 6.81. The third-order valence-electron chi connectivity index (χ3n) is 3.09. The molecule has 0 radical (unpaired) electrons. The lowest BCUT2D eigenvalue weighted by molar-refractivity contribution is -0.117. The molecule has 0 bridgehead atoms. The predicted molar refractivity (Wildman–Crippen MR) is 79.6 cm³/mol. The van der Waals surface area contributed by atoms with Crippen molar-refractivity contribution in [3.05, 3.63) is 54.0 Å². The van der Waals surface area contributed by atoms with Crippen LogP contribution in [0.2, 0.25) is 0 Å². The van der Waals surface area contributed by atoms with Crippen LogP contribution in [0.3, 0.4) is 0 Å². The first-order chi connectivity index (χ1) is 9.70. The molecule has 20 heavy (non-hydrogen) atoms. The lowest BCUT2D eigenvalue weighted by Gasteiger charge is -2.21. The average Bonchev–Trinajstić information content (AvgIpc) is 2.93. The summed E-state index contributed by atoms with van der Waals surface area (Å²) in [5, 5.41) is 3.10. The molecule has 1 N–H and O–H groups in total. The van der Waals surface area contributed by atoms with Gasteiger partial charge in [0.2, 0.25) is 5.91 Å². The highest BCUT2D eigenvalue weighted by Gasteiger charge is 2.13. The van der Waals surface area contributed by atoms with E-state index in [4.69, 9.17) is 4.42 Å². The molecule has 106 valence electrons. The number of furan rings is 1. The molecule has 2 rings (SSSR count). The van der Waals surface area contributed by atoms with Gasteiger partial charge in [-0.05, 0) is 43.7 Å². The van der Waals surface area contributed by atoms with E-state index < -0.39 is 0 Å². The topological polar surface area (TPSA) is 45.5 Å². The third kappa shape index (κ3) is 3.71. The fourth-order valence-electron chi connectivity index (χ4n) is 2.10. The molecule has 1 amide bonds. The number of hydrogen-bond donors (Lipinski definition) is 1. The summed E-state index contributed by atoms with van der Waals surface area (Å²) in [4.78, 5) is 14.0. The standard InChI is InChI=1S/C16H20N2O2/c1-3-18(14-7-4-6-13(2)10-14)16(19)12-17-11-15-8-5-9-20-15/h4-10,17H,3,11-12H2,1-2H3. The minimum absolute atomic E-state index is 0.0599. The summed E-state index contributed by atoms with van der Waals surface area (Å²) < 4.78 is 5.22. The molecule has 4 nitrogen and oxygen atoms in total. The van der Waals surface area contributed by atoms with E-state index in [0.29, 0.717) is 19.6 Å². The van der Waals surface area contributed by atoms with Gasteiger partial charge in [-0.2, -0.15) is 0 Å². The zero-order chi connectivity index (χ0) is 14.4. The Morgan fingerprint density at radius 2 is 2.15 bits per heavy atom. The summed E-state index contributed by atoms with van der Waals surface area (Å²) in [6.07, 6.45) is 1.63. The zero-order valence-electron chi connectivity index (χ0n) is 11.9. The Balaban J connectivity index is 1.92. The number of amides is 1. The number of carbonyl (C=O) groups is 1. The van der Waals surface area contributed by atoms with Crippen LogP contribution in [0.15, 0.2) is 47.1 Å². The SMILES string of the molecule is CCN(C(=O)CNCc1ccco1)c1cccc(C)c1. The Kier molecular flexibility index (Phi) is 4.96. The Bertz CT molecular complexity index is 549. The second-order valence-electron chi connectivity index (χ2n) is 4.66. The fraction of sp³-hybridized carbons (Fsp3) is 0.312. The molecule has 4 heteroatoms. The second kappa shape index (κ2) is 6.91. The molecule has 0 aliphatic rings. The first kappa shape index (κ1) is 14.3. The summed E-state index contributed by atoms with van der Waals surface area (Å²) >= 11 is 0. The number of rotatable bonds is 6. The molecule has 0 spiro atoms. The summed E-state index contributed by atoms with van der Waals surface area (Å²) in [6, 6.07) is 11.7. The summed E-state index contributed by atoms with van der Waals surface area (Å²) in [5.41, 5.74) is 2.09. The van der Waals surface area contributed by atoms with Gasteiger partial charge >= 0.3 is 0 Å². The molecule has 0 aliphatic carbocycles. The van der Waals surface area contributed by atoms with Crippen LogP contribution < -0.4 is 10.2 Å². The van der Waals surface area contributed by atoms with Gasteiger partial charge in [-0.1, -0.05) is 12.1 Å². The van der Waals surface area contributed by atoms with Crippen molar-refractivity contribution in [1.82, 2.24) is 5.32 Å². The molecule has 1 aromatic heterocycles. The lowest BCUT2D eigenvalue weighted by atomic mass is 10.2. The normalized spacial score (nSPS) is 10.5. The highest BCUT2D eigenvalue weighted by atomic mass is 16.3. The fourth-order valence-corrected chi connectivity index (χ4v) is 2.10. The van der Waals surface area contributed by atoms with Crippen LogP contribution in [0, 0.1) is 6.92 Å². The van der Waals surface area contributed by atoms with Crippen molar-refractivity contribution in [3.63, 3.8) is 0 Å². The van der Waals surface area contributed by atoms with E-state index >= 15 is 0 Å². The maximum Gasteiger partial charge on any atom is 0.240 e. The average molecular weight is 272 g/mol. The molecule has 0 aliphatic heterocycles. The number of likely N-dealkylation sites (N-methyl/N-ethyl adjacent to an activating group) is 1. The Morgan fingerprint density at radius 3 is 2.80 bits per heavy atom. The number of hydrogen-bond acceptors (Lipinski definition) is 3. The van der Waals surface area contributed by atoms with Crippen LogP contribution in [0.5, 0.6) is 0 Å². The van der Waals surface area contributed by atoms with Gasteiger partial charge < -0.3 is 14.6 Å². The van der Waals surface area contributed by atoms with E-state index in [2.05, 4.69) is 5.32 Å². The van der Waals surface area contributed by atoms with E-state index in [9.17, 15) is 4.79 Å². The Hall–Kier alpha value is -2.07. The molecule has 0 saturated heterocycles. The second-order valence-corrected chi connectivity index (χ2v) is 4.66. The van der Waals surface area contributed by atoms with Crippen molar-refractivity contribution in [2.45, 2.75) is 20.4 Å². The summed E-state index contributed by atoms with van der Waals surface area (Å²) in [6.45, 7) is 5.51. The summed E-state index contributed by atoms with van der Waals surface area (Å²) in [7, 11) is 0. The molecule has 0 fully saturated rings. The van der Waals surface area contributed by atoms with E-state index in [1.807, 2.05) is 50.2 Å². The molecule has 0 unspecified atom stereocenters. The number of aryl methyl sites for hydroxylation is 1. The molecule has 1 aromatic carbocycles. The van der Waals surface area contributed by atoms with Crippen molar-refractivity contribution in [2.75, 3.05) is 18.0 Å². The van der Waals surface area contributed by atoms with Gasteiger partial charge in [0.25, 0.3) is 0 Å². The van der Waals surface area contributed by atoms with E-state index in [1.54, 1.807) is 11.2 Å². The highest BCUT2D eigenvalue weighted by Crippen LogP contribution is 2.15. The maximum atomic E-state index is 12.2. The van der Waals surface area contributed by atoms with Crippen molar-refractivity contribution in [1.29, 1.82) is 0 Å². The van der Waals surface area contributed by atoms with Crippen LogP contribution in [0.4, 0.5) is 5.69 Å². The van der Waals surface area contributed by atoms with Crippen molar-refractivity contribution < 1.29 is 9.21 Å². The monoisotopic (exact) mass is 272 g/mol. The number of nitrogens with zero attached hydrogens (tertiary/aromatic N) is 1. The first-order valence-corrected chi connectivity index (χ1v) is 6.81. The van der Waals surface area contributed by atoms with Crippen molar-refractivity contribution >= 4 is 11.6 Å². The number of nitrogens with one attached hydrogen (secondary N) is 1. The minimum atomic E-state index is 0.0599. The number of carbonyl (C=O) groups excluding carboxylic acids is 1. The zero-order valence-corrected chi connectivity index (χ0v) is 11.9. The molecule has 0 saturated carbocycles. The van der Waals surface area contributed by atoms with Crippen molar-refractivity contribution in [3.8, 4) is 0 Å². The minimum Gasteiger partial charge on any atom is -0.468 e. The van der Waals surface area contributed by atoms with E-state index in [1.165, 1.54) is 0 Å². The Labute approximate surface area is 119 Å². The lowest BCUT2D eigenvalue weighted by Crippen LogP contribution is -2.38. The van der Waals surface area contributed by atoms with Crippen LogP contribution in [0.25, 0.3) is 0 Å². The van der Waals surface area contributed by atoms with Gasteiger partial charge in [-0.15, -0.1) is 0 Å². The predicted octanol–water partition coefficient (Wildman–Crippen LogP) is 2.73. The largest absolute Gasteiger partial charge is 0.468 e. The number of benzene rings is 1. The van der Waals surface area contributed by atoms with Gasteiger partial charge in [-0.3, -0.25) is 4.79 Å². The third-order valence-corrected chi connectivity index (χ3v) is 3.09. The Morgan fingerprint density at radius 1 is 1.30 bits per heavy atom. The summed E-state index contributed by atoms with van der Waals surface area (Å²) in [5.74, 6) is 0.890. The molecule has 0 atom stereocenters. The smallest absolute Gasteiger partial charge is 0.240 e. The van der Waals surface area contributed by atoms with Gasteiger partial charge in [0, 0.05) is 12.2 Å². The molecular weight excluding hydrogens is 252 g/mol. The van der Waals surface area contributed by atoms with Crippen LogP contribution in [-0.4, -0.2) is 19.0 Å². The van der Waals surface area contributed by atoms with Gasteiger partial charge in [0.15, 0.2) is 0 Å². The van der Waals surface area contributed by atoms with Gasteiger partial charge in [-0.25, -0.2) is 0 Å². The van der Waals surface area contributed by atoms with Crippen LogP contribution >= 0.6 is 0 Å². The van der Waals surface area contributed by atoms with Crippen molar-refractivity contribution in [2.24, 2.45) is 0 Å². The molecule has 2 aromatic rings. The molecular formula is C16H20N2O2. The molecule has 1 heterocycles. The maximum absolute atomic E-state index is 12.2. The number of anilines is 1. The van der Waals surface area contributed by atoms with Crippen LogP contribution in [0.1, 0.15) is 18.2 Å².